The fourth-order valence-corrected chi connectivity index (χ4v) is 1.71. The first-order valence-electron chi connectivity index (χ1n) is 5.67. The third-order valence-electron chi connectivity index (χ3n) is 2.54. The fraction of sp³-hybridized carbons (Fsp3) is 0. The minimum Gasteiger partial charge on any atom is -0.478 e. The molecular formula is C13H12N4O2S. The zero-order valence-corrected chi connectivity index (χ0v) is 11.2. The Bertz CT molecular complexity index is 661. The second kappa shape index (κ2) is 5.98. The summed E-state index contributed by atoms with van der Waals surface area (Å²) >= 11 is 4.65. The molecule has 0 saturated heterocycles. The van der Waals surface area contributed by atoms with E-state index < -0.39 is 5.97 Å². The SMILES string of the molecule is NC(=S)NN=Cc1cccn1-c1ccc(C(=O)O)cc1. The van der Waals surface area contributed by atoms with Crippen molar-refractivity contribution >= 4 is 29.5 Å². The van der Waals surface area contributed by atoms with Crippen LogP contribution in [-0.4, -0.2) is 27.0 Å². The molecule has 0 saturated carbocycles. The van der Waals surface area contributed by atoms with Crippen LogP contribution in [0.3, 0.4) is 0 Å². The summed E-state index contributed by atoms with van der Waals surface area (Å²) < 4.78 is 1.86. The van der Waals surface area contributed by atoms with Crippen LogP contribution in [0.4, 0.5) is 0 Å². The van der Waals surface area contributed by atoms with E-state index in [2.05, 4.69) is 22.7 Å². The van der Waals surface area contributed by atoms with Gasteiger partial charge in [-0.15, -0.1) is 0 Å². The van der Waals surface area contributed by atoms with Crippen LogP contribution in [-0.2, 0) is 0 Å². The number of carbonyl (C=O) groups is 1. The molecule has 20 heavy (non-hydrogen) atoms. The van der Waals surface area contributed by atoms with Gasteiger partial charge in [0.25, 0.3) is 0 Å². The van der Waals surface area contributed by atoms with Gasteiger partial charge in [-0.05, 0) is 48.6 Å². The molecule has 1 aromatic carbocycles. The van der Waals surface area contributed by atoms with Crippen LogP contribution in [0.1, 0.15) is 16.1 Å². The van der Waals surface area contributed by atoms with Gasteiger partial charge in [0.05, 0.1) is 17.5 Å². The van der Waals surface area contributed by atoms with Crippen molar-refractivity contribution in [2.75, 3.05) is 0 Å². The lowest BCUT2D eigenvalue weighted by molar-refractivity contribution is 0.0697. The molecule has 0 aliphatic carbocycles. The number of nitrogens with two attached hydrogens (primary N) is 1. The molecular weight excluding hydrogens is 276 g/mol. The van der Waals surface area contributed by atoms with Crippen LogP contribution < -0.4 is 11.2 Å². The van der Waals surface area contributed by atoms with Gasteiger partial charge in [-0.2, -0.15) is 5.10 Å². The van der Waals surface area contributed by atoms with E-state index in [0.717, 1.165) is 11.4 Å². The average molecular weight is 288 g/mol. The molecule has 1 heterocycles. The Morgan fingerprint density at radius 2 is 2.05 bits per heavy atom. The maximum Gasteiger partial charge on any atom is 0.335 e. The molecule has 7 heteroatoms. The van der Waals surface area contributed by atoms with Crippen LogP contribution in [0, 0.1) is 0 Å². The number of nitrogens with one attached hydrogen (secondary N) is 1. The molecule has 0 fully saturated rings. The molecule has 2 rings (SSSR count). The molecule has 2 aromatic rings. The highest BCUT2D eigenvalue weighted by Crippen LogP contribution is 2.13. The van der Waals surface area contributed by atoms with Crippen molar-refractivity contribution in [3.63, 3.8) is 0 Å². The number of aromatic carboxylic acids is 1. The molecule has 0 radical (unpaired) electrons. The Morgan fingerprint density at radius 1 is 1.35 bits per heavy atom. The smallest absolute Gasteiger partial charge is 0.335 e. The highest BCUT2D eigenvalue weighted by Gasteiger charge is 2.04. The Balaban J connectivity index is 2.25. The quantitative estimate of drug-likeness (QED) is 0.448. The number of aromatic nitrogens is 1. The van der Waals surface area contributed by atoms with Gasteiger partial charge in [0.2, 0.25) is 0 Å². The largest absolute Gasteiger partial charge is 0.478 e. The number of carboxylic acids is 1. The predicted octanol–water partition coefficient (Wildman–Crippen LogP) is 1.34. The monoisotopic (exact) mass is 288 g/mol. The van der Waals surface area contributed by atoms with Crippen LogP contribution in [0.2, 0.25) is 0 Å². The predicted molar refractivity (Wildman–Crippen MR) is 80.2 cm³/mol. The van der Waals surface area contributed by atoms with Crippen molar-refractivity contribution in [3.8, 4) is 5.69 Å². The number of hydrogen-bond acceptors (Lipinski definition) is 3. The lowest BCUT2D eigenvalue weighted by Crippen LogP contribution is -2.24. The first kappa shape index (κ1) is 13.8. The Kier molecular flexibility index (Phi) is 4.11. The van der Waals surface area contributed by atoms with E-state index in [9.17, 15) is 4.79 Å². The molecule has 4 N–H and O–H groups in total. The number of thiocarbonyl (C=S) groups is 1. The van der Waals surface area contributed by atoms with E-state index in [1.807, 2.05) is 22.9 Å². The molecule has 0 bridgehead atoms. The normalized spacial score (nSPS) is 10.6. The molecule has 0 aliphatic heterocycles. The van der Waals surface area contributed by atoms with Crippen LogP contribution in [0.5, 0.6) is 0 Å². The van der Waals surface area contributed by atoms with Gasteiger partial charge in [0, 0.05) is 11.9 Å². The Labute approximate surface area is 120 Å². The van der Waals surface area contributed by atoms with Crippen LogP contribution in [0.25, 0.3) is 5.69 Å². The highest BCUT2D eigenvalue weighted by molar-refractivity contribution is 7.80. The van der Waals surface area contributed by atoms with E-state index in [0.29, 0.717) is 0 Å². The van der Waals surface area contributed by atoms with Gasteiger partial charge in [0.15, 0.2) is 5.11 Å². The lowest BCUT2D eigenvalue weighted by atomic mass is 10.2. The van der Waals surface area contributed by atoms with Crippen LogP contribution >= 0.6 is 12.2 Å². The number of hydrogen-bond donors (Lipinski definition) is 3. The highest BCUT2D eigenvalue weighted by atomic mass is 32.1. The second-order valence-corrected chi connectivity index (χ2v) is 4.33. The number of carboxylic acid groups (broad SMARTS) is 1. The summed E-state index contributed by atoms with van der Waals surface area (Å²) in [5.41, 5.74) is 9.62. The van der Waals surface area contributed by atoms with Gasteiger partial charge >= 0.3 is 5.97 Å². The summed E-state index contributed by atoms with van der Waals surface area (Å²) in [4.78, 5) is 10.8. The van der Waals surface area contributed by atoms with Crippen molar-refractivity contribution in [1.29, 1.82) is 0 Å². The van der Waals surface area contributed by atoms with Gasteiger partial charge < -0.3 is 15.4 Å². The molecule has 102 valence electrons. The maximum absolute atomic E-state index is 10.8. The van der Waals surface area contributed by atoms with E-state index in [1.165, 1.54) is 0 Å². The summed E-state index contributed by atoms with van der Waals surface area (Å²) in [5.74, 6) is -0.952. The average Bonchev–Trinajstić information content (AvgIpc) is 2.87. The Hall–Kier alpha value is -2.67. The lowest BCUT2D eigenvalue weighted by Gasteiger charge is -2.06. The number of rotatable bonds is 4. The number of benzene rings is 1. The van der Waals surface area contributed by atoms with Crippen molar-refractivity contribution in [3.05, 3.63) is 53.9 Å². The molecule has 0 aliphatic rings. The zero-order chi connectivity index (χ0) is 14.5. The molecule has 0 unspecified atom stereocenters. The summed E-state index contributed by atoms with van der Waals surface area (Å²) in [6.07, 6.45) is 3.42. The Morgan fingerprint density at radius 3 is 2.65 bits per heavy atom. The van der Waals surface area contributed by atoms with E-state index >= 15 is 0 Å². The summed E-state index contributed by atoms with van der Waals surface area (Å²) in [6.45, 7) is 0. The molecule has 0 amide bonds. The van der Waals surface area contributed by atoms with Crippen molar-refractivity contribution < 1.29 is 9.90 Å². The first-order valence-corrected chi connectivity index (χ1v) is 6.08. The minimum absolute atomic E-state index is 0.0881. The van der Waals surface area contributed by atoms with Gasteiger partial charge in [-0.25, -0.2) is 4.79 Å². The first-order chi connectivity index (χ1) is 9.58. The molecule has 0 spiro atoms. The van der Waals surface area contributed by atoms with Crippen LogP contribution in [0.15, 0.2) is 47.7 Å². The molecule has 6 nitrogen and oxygen atoms in total. The standard InChI is InChI=1S/C13H12N4O2S/c14-13(20)16-15-8-11-2-1-7-17(11)10-5-3-9(4-6-10)12(18)19/h1-8H,(H,18,19)(H3,14,16,20). The van der Waals surface area contributed by atoms with Crippen molar-refractivity contribution in [2.24, 2.45) is 10.8 Å². The maximum atomic E-state index is 10.8. The summed E-state index contributed by atoms with van der Waals surface area (Å²) in [5, 5.41) is 12.8. The fourth-order valence-electron chi connectivity index (χ4n) is 1.66. The number of hydrazone groups is 1. The summed E-state index contributed by atoms with van der Waals surface area (Å²) in [7, 11) is 0. The van der Waals surface area contributed by atoms with Gasteiger partial charge in [-0.3, -0.25) is 5.43 Å². The number of nitrogens with zero attached hydrogens (tertiary/aromatic N) is 2. The minimum atomic E-state index is -0.952. The topological polar surface area (TPSA) is 92.6 Å². The molecule has 1 aromatic heterocycles. The van der Waals surface area contributed by atoms with E-state index in [-0.39, 0.29) is 10.7 Å². The van der Waals surface area contributed by atoms with E-state index in [1.54, 1.807) is 30.5 Å². The van der Waals surface area contributed by atoms with Crippen molar-refractivity contribution in [1.82, 2.24) is 9.99 Å². The van der Waals surface area contributed by atoms with Gasteiger partial charge in [0.1, 0.15) is 0 Å². The van der Waals surface area contributed by atoms with Crippen molar-refractivity contribution in [2.45, 2.75) is 0 Å². The zero-order valence-electron chi connectivity index (χ0n) is 10.4. The van der Waals surface area contributed by atoms with E-state index in [4.69, 9.17) is 10.8 Å². The van der Waals surface area contributed by atoms with Gasteiger partial charge in [-0.1, -0.05) is 0 Å². The second-order valence-electron chi connectivity index (χ2n) is 3.89. The third-order valence-corrected chi connectivity index (χ3v) is 2.64. The third kappa shape index (κ3) is 3.21. The molecule has 0 atom stereocenters. The summed E-state index contributed by atoms with van der Waals surface area (Å²) in [6, 6.07) is 10.3.